The highest BCUT2D eigenvalue weighted by Crippen LogP contribution is 2.21. The van der Waals surface area contributed by atoms with E-state index in [1.165, 1.54) is 11.3 Å². The van der Waals surface area contributed by atoms with Gasteiger partial charge in [0.15, 0.2) is 0 Å². The number of aryl methyl sites for hydroxylation is 1. The molecular formula is C14H18N4O2S. The van der Waals surface area contributed by atoms with Gasteiger partial charge in [0.25, 0.3) is 5.91 Å². The Balaban J connectivity index is 2.05. The SMILES string of the molecule is CCOc1ccccc1C(=O)Nc1nnc(CCCN)s1. The van der Waals surface area contributed by atoms with Crippen LogP contribution in [0.4, 0.5) is 5.13 Å². The van der Waals surface area contributed by atoms with Gasteiger partial charge in [0.05, 0.1) is 12.2 Å². The first-order valence-electron chi connectivity index (χ1n) is 6.80. The van der Waals surface area contributed by atoms with Gasteiger partial charge < -0.3 is 10.5 Å². The average Bonchev–Trinajstić information content (AvgIpc) is 2.93. The van der Waals surface area contributed by atoms with Crippen LogP contribution in [0.2, 0.25) is 0 Å². The minimum absolute atomic E-state index is 0.249. The molecule has 3 N–H and O–H groups in total. The Morgan fingerprint density at radius 3 is 2.95 bits per heavy atom. The molecule has 1 heterocycles. The van der Waals surface area contributed by atoms with Crippen molar-refractivity contribution in [2.75, 3.05) is 18.5 Å². The van der Waals surface area contributed by atoms with E-state index in [4.69, 9.17) is 10.5 Å². The highest BCUT2D eigenvalue weighted by Gasteiger charge is 2.14. The van der Waals surface area contributed by atoms with E-state index in [0.717, 1.165) is 17.8 Å². The lowest BCUT2D eigenvalue weighted by Gasteiger charge is -2.08. The van der Waals surface area contributed by atoms with Crippen LogP contribution in [0.15, 0.2) is 24.3 Å². The molecule has 21 heavy (non-hydrogen) atoms. The molecule has 0 aliphatic heterocycles. The largest absolute Gasteiger partial charge is 0.493 e. The standard InChI is InChI=1S/C14H18N4O2S/c1-2-20-11-7-4-3-6-10(11)13(19)16-14-18-17-12(21-14)8-5-9-15/h3-4,6-7H,2,5,8-9,15H2,1H3,(H,16,18,19). The minimum Gasteiger partial charge on any atom is -0.493 e. The molecule has 0 aliphatic carbocycles. The highest BCUT2D eigenvalue weighted by atomic mass is 32.1. The van der Waals surface area contributed by atoms with Crippen molar-refractivity contribution in [2.45, 2.75) is 19.8 Å². The minimum atomic E-state index is -0.249. The maximum atomic E-state index is 12.3. The van der Waals surface area contributed by atoms with Crippen molar-refractivity contribution in [1.82, 2.24) is 10.2 Å². The van der Waals surface area contributed by atoms with E-state index >= 15 is 0 Å². The normalized spacial score (nSPS) is 10.4. The molecule has 0 aliphatic rings. The van der Waals surface area contributed by atoms with Gasteiger partial charge in [-0.25, -0.2) is 0 Å². The molecule has 0 unspecified atom stereocenters. The Hall–Kier alpha value is -1.99. The zero-order chi connectivity index (χ0) is 15.1. The van der Waals surface area contributed by atoms with Crippen LogP contribution in [0.1, 0.15) is 28.7 Å². The number of carbonyl (C=O) groups excluding carboxylic acids is 1. The number of nitrogens with two attached hydrogens (primary N) is 1. The van der Waals surface area contributed by atoms with Crippen LogP contribution >= 0.6 is 11.3 Å². The first-order valence-corrected chi connectivity index (χ1v) is 7.62. The molecule has 2 rings (SSSR count). The van der Waals surface area contributed by atoms with Crippen LogP contribution in [-0.2, 0) is 6.42 Å². The van der Waals surface area contributed by atoms with E-state index in [0.29, 0.717) is 29.6 Å². The molecule has 112 valence electrons. The fourth-order valence-electron chi connectivity index (χ4n) is 1.76. The molecule has 0 saturated carbocycles. The summed E-state index contributed by atoms with van der Waals surface area (Å²) in [6.07, 6.45) is 1.63. The zero-order valence-electron chi connectivity index (χ0n) is 11.8. The van der Waals surface area contributed by atoms with Gasteiger partial charge in [-0.15, -0.1) is 10.2 Å². The van der Waals surface area contributed by atoms with Gasteiger partial charge in [0, 0.05) is 6.42 Å². The molecule has 0 bridgehead atoms. The van der Waals surface area contributed by atoms with Gasteiger partial charge in [-0.1, -0.05) is 23.5 Å². The lowest BCUT2D eigenvalue weighted by atomic mass is 10.2. The van der Waals surface area contributed by atoms with E-state index in [-0.39, 0.29) is 5.91 Å². The third-order valence-electron chi connectivity index (χ3n) is 2.71. The van der Waals surface area contributed by atoms with Gasteiger partial charge >= 0.3 is 0 Å². The fourth-order valence-corrected chi connectivity index (χ4v) is 2.54. The number of nitrogens with zero attached hydrogens (tertiary/aromatic N) is 2. The number of nitrogens with one attached hydrogen (secondary N) is 1. The number of aromatic nitrogens is 2. The molecule has 7 heteroatoms. The summed E-state index contributed by atoms with van der Waals surface area (Å²) in [6, 6.07) is 7.11. The van der Waals surface area contributed by atoms with Gasteiger partial charge in [-0.3, -0.25) is 10.1 Å². The smallest absolute Gasteiger partial charge is 0.261 e. The van der Waals surface area contributed by atoms with E-state index in [1.807, 2.05) is 13.0 Å². The third kappa shape index (κ3) is 4.24. The fraction of sp³-hybridized carbons (Fsp3) is 0.357. The van der Waals surface area contributed by atoms with Gasteiger partial charge in [-0.05, 0) is 32.0 Å². The molecule has 0 saturated heterocycles. The lowest BCUT2D eigenvalue weighted by Crippen LogP contribution is -2.13. The predicted molar refractivity (Wildman–Crippen MR) is 82.8 cm³/mol. The number of para-hydroxylation sites is 1. The number of carbonyl (C=O) groups is 1. The molecule has 0 radical (unpaired) electrons. The number of ether oxygens (including phenoxy) is 1. The number of rotatable bonds is 7. The lowest BCUT2D eigenvalue weighted by molar-refractivity contribution is 0.102. The average molecular weight is 306 g/mol. The van der Waals surface area contributed by atoms with Gasteiger partial charge in [-0.2, -0.15) is 0 Å². The second-order valence-corrected chi connectivity index (χ2v) is 5.34. The molecule has 1 aromatic heterocycles. The Labute approximate surface area is 127 Å². The Morgan fingerprint density at radius 1 is 1.38 bits per heavy atom. The van der Waals surface area contributed by atoms with Crippen LogP contribution < -0.4 is 15.8 Å². The Bertz CT molecular complexity index is 600. The number of benzene rings is 1. The summed E-state index contributed by atoms with van der Waals surface area (Å²) in [4.78, 5) is 12.3. The van der Waals surface area contributed by atoms with Crippen LogP contribution in [0, 0.1) is 0 Å². The first kappa shape index (κ1) is 15.4. The highest BCUT2D eigenvalue weighted by molar-refractivity contribution is 7.15. The second-order valence-electron chi connectivity index (χ2n) is 4.28. The van der Waals surface area contributed by atoms with Crippen LogP contribution in [0.25, 0.3) is 0 Å². The molecule has 0 spiro atoms. The molecule has 1 aromatic carbocycles. The van der Waals surface area contributed by atoms with Crippen molar-refractivity contribution in [1.29, 1.82) is 0 Å². The molecule has 0 atom stereocenters. The van der Waals surface area contributed by atoms with E-state index < -0.39 is 0 Å². The maximum absolute atomic E-state index is 12.3. The van der Waals surface area contributed by atoms with E-state index in [1.54, 1.807) is 18.2 Å². The number of amides is 1. The molecule has 1 amide bonds. The Morgan fingerprint density at radius 2 is 2.19 bits per heavy atom. The quantitative estimate of drug-likeness (QED) is 0.817. The maximum Gasteiger partial charge on any atom is 0.261 e. The summed E-state index contributed by atoms with van der Waals surface area (Å²) in [6.45, 7) is 3.00. The van der Waals surface area contributed by atoms with Crippen LogP contribution in [-0.4, -0.2) is 29.3 Å². The predicted octanol–water partition coefficient (Wildman–Crippen LogP) is 2.08. The molecule has 6 nitrogen and oxygen atoms in total. The number of hydrogen-bond acceptors (Lipinski definition) is 6. The van der Waals surface area contributed by atoms with Crippen LogP contribution in [0.5, 0.6) is 5.75 Å². The summed E-state index contributed by atoms with van der Waals surface area (Å²) >= 11 is 1.36. The zero-order valence-corrected chi connectivity index (χ0v) is 12.7. The number of hydrogen-bond donors (Lipinski definition) is 2. The van der Waals surface area contributed by atoms with Crippen molar-refractivity contribution in [3.8, 4) is 5.75 Å². The van der Waals surface area contributed by atoms with Crippen molar-refractivity contribution in [3.63, 3.8) is 0 Å². The van der Waals surface area contributed by atoms with E-state index in [2.05, 4.69) is 15.5 Å². The summed E-state index contributed by atoms with van der Waals surface area (Å²) in [7, 11) is 0. The number of anilines is 1. The van der Waals surface area contributed by atoms with E-state index in [9.17, 15) is 4.79 Å². The summed E-state index contributed by atoms with van der Waals surface area (Å²) < 4.78 is 5.45. The second kappa shape index (κ2) is 7.70. The summed E-state index contributed by atoms with van der Waals surface area (Å²) in [5.41, 5.74) is 5.94. The first-order chi connectivity index (χ1) is 10.2. The third-order valence-corrected chi connectivity index (χ3v) is 3.61. The van der Waals surface area contributed by atoms with Crippen molar-refractivity contribution < 1.29 is 9.53 Å². The summed E-state index contributed by atoms with van der Waals surface area (Å²) in [5, 5.41) is 12.1. The van der Waals surface area contributed by atoms with Gasteiger partial charge in [0.2, 0.25) is 5.13 Å². The monoisotopic (exact) mass is 306 g/mol. The molecular weight excluding hydrogens is 288 g/mol. The van der Waals surface area contributed by atoms with Gasteiger partial charge in [0.1, 0.15) is 10.8 Å². The van der Waals surface area contributed by atoms with Crippen molar-refractivity contribution >= 4 is 22.4 Å². The molecule has 2 aromatic rings. The van der Waals surface area contributed by atoms with Crippen molar-refractivity contribution in [3.05, 3.63) is 34.8 Å². The molecule has 0 fully saturated rings. The Kier molecular flexibility index (Phi) is 5.65. The van der Waals surface area contributed by atoms with Crippen LogP contribution in [0.3, 0.4) is 0 Å². The summed E-state index contributed by atoms with van der Waals surface area (Å²) in [5.74, 6) is 0.311. The topological polar surface area (TPSA) is 90.1 Å². The van der Waals surface area contributed by atoms with Crippen molar-refractivity contribution in [2.24, 2.45) is 5.73 Å².